The topological polar surface area (TPSA) is 34.5 Å². The second-order valence-corrected chi connectivity index (χ2v) is 17.7. The smallest absolute Gasteiger partial charge is 0.136 e. The Morgan fingerprint density at radius 1 is 0.294 bits per heavy atom. The summed E-state index contributed by atoms with van der Waals surface area (Å²) in [6.07, 6.45) is 0. The van der Waals surface area contributed by atoms with Gasteiger partial charge in [-0.1, -0.05) is 152 Å². The lowest BCUT2D eigenvalue weighted by atomic mass is 9.98. The summed E-state index contributed by atoms with van der Waals surface area (Å²) >= 11 is 0. The quantitative estimate of drug-likeness (QED) is 0.160. The number of anilines is 3. The summed E-state index contributed by atoms with van der Waals surface area (Å²) in [7, 11) is 0. The molecule has 0 unspecified atom stereocenters. The number of furan rings is 2. The van der Waals surface area contributed by atoms with Crippen LogP contribution in [0.4, 0.5) is 17.1 Å². The maximum atomic E-state index is 6.46. The molecule has 0 aliphatic heterocycles. The number of fused-ring (bicyclic) bond motifs is 10. The van der Waals surface area contributed by atoms with Crippen molar-refractivity contribution >= 4 is 93.5 Å². The number of benzene rings is 11. The van der Waals surface area contributed by atoms with Crippen LogP contribution in [-0.4, -0.2) is 4.57 Å². The third kappa shape index (κ3) is 6.08. The number of hydrogen-bond acceptors (Lipinski definition) is 3. The van der Waals surface area contributed by atoms with E-state index in [-0.39, 0.29) is 0 Å². The van der Waals surface area contributed by atoms with Gasteiger partial charge in [0.2, 0.25) is 0 Å². The molecule has 11 aromatic carbocycles. The van der Waals surface area contributed by atoms with Gasteiger partial charge >= 0.3 is 0 Å². The first-order valence-electron chi connectivity index (χ1n) is 23.1. The van der Waals surface area contributed by atoms with Crippen LogP contribution in [0.1, 0.15) is 0 Å². The first-order chi connectivity index (χ1) is 33.7. The van der Waals surface area contributed by atoms with E-state index < -0.39 is 0 Å². The van der Waals surface area contributed by atoms with Crippen molar-refractivity contribution in [3.05, 3.63) is 243 Å². The highest BCUT2D eigenvalue weighted by molar-refractivity contribution is 6.12. The van der Waals surface area contributed by atoms with E-state index in [1.54, 1.807) is 0 Å². The third-order valence-corrected chi connectivity index (χ3v) is 13.8. The van der Waals surface area contributed by atoms with Gasteiger partial charge in [-0.05, 0) is 124 Å². The van der Waals surface area contributed by atoms with Crippen molar-refractivity contribution in [1.82, 2.24) is 4.57 Å². The molecule has 0 N–H and O–H groups in total. The summed E-state index contributed by atoms with van der Waals surface area (Å²) in [5.74, 6) is 0. The molecule has 318 valence electrons. The molecular formula is C64H40N2O2. The van der Waals surface area contributed by atoms with Gasteiger partial charge in [0.15, 0.2) is 0 Å². The highest BCUT2D eigenvalue weighted by Crippen LogP contribution is 2.45. The van der Waals surface area contributed by atoms with Crippen molar-refractivity contribution in [2.45, 2.75) is 0 Å². The molecule has 4 nitrogen and oxygen atoms in total. The lowest BCUT2D eigenvalue weighted by Gasteiger charge is -2.28. The Morgan fingerprint density at radius 3 is 1.56 bits per heavy atom. The molecular weight excluding hydrogens is 829 g/mol. The second-order valence-electron chi connectivity index (χ2n) is 17.7. The van der Waals surface area contributed by atoms with Crippen LogP contribution in [0, 0.1) is 0 Å². The molecule has 14 aromatic rings. The predicted octanol–water partition coefficient (Wildman–Crippen LogP) is 18.2. The van der Waals surface area contributed by atoms with Crippen LogP contribution in [0.25, 0.3) is 116 Å². The lowest BCUT2D eigenvalue weighted by Crippen LogP contribution is -2.11. The van der Waals surface area contributed by atoms with Gasteiger partial charge in [-0.25, -0.2) is 0 Å². The van der Waals surface area contributed by atoms with Crippen molar-refractivity contribution in [1.29, 1.82) is 0 Å². The molecule has 3 aromatic heterocycles. The summed E-state index contributed by atoms with van der Waals surface area (Å²) in [4.78, 5) is 2.38. The fraction of sp³-hybridized carbons (Fsp3) is 0. The lowest BCUT2D eigenvalue weighted by molar-refractivity contribution is 0.669. The first kappa shape index (κ1) is 38.2. The Hall–Kier alpha value is -9.12. The van der Waals surface area contributed by atoms with Crippen molar-refractivity contribution in [2.24, 2.45) is 0 Å². The van der Waals surface area contributed by atoms with Gasteiger partial charge in [0.05, 0.1) is 22.4 Å². The van der Waals surface area contributed by atoms with Crippen LogP contribution in [0.15, 0.2) is 251 Å². The summed E-state index contributed by atoms with van der Waals surface area (Å²) in [5.41, 5.74) is 17.0. The van der Waals surface area contributed by atoms with E-state index in [1.807, 2.05) is 12.1 Å². The van der Waals surface area contributed by atoms with E-state index in [9.17, 15) is 0 Å². The zero-order valence-electron chi connectivity index (χ0n) is 36.8. The molecule has 68 heavy (non-hydrogen) atoms. The molecule has 0 fully saturated rings. The fourth-order valence-corrected chi connectivity index (χ4v) is 10.6. The summed E-state index contributed by atoms with van der Waals surface area (Å²) < 4.78 is 15.2. The van der Waals surface area contributed by atoms with E-state index in [0.29, 0.717) is 0 Å². The predicted molar refractivity (Wildman–Crippen MR) is 284 cm³/mol. The largest absolute Gasteiger partial charge is 0.456 e. The average Bonchev–Trinajstić information content (AvgIpc) is 4.07. The van der Waals surface area contributed by atoms with Crippen molar-refractivity contribution in [3.63, 3.8) is 0 Å². The fourth-order valence-electron chi connectivity index (χ4n) is 10.6. The average molecular weight is 869 g/mol. The number of rotatable bonds is 7. The Labute approximate surface area is 391 Å². The number of aromatic nitrogens is 1. The zero-order chi connectivity index (χ0) is 44.7. The van der Waals surface area contributed by atoms with Crippen LogP contribution < -0.4 is 4.90 Å². The van der Waals surface area contributed by atoms with Gasteiger partial charge in [-0.2, -0.15) is 0 Å². The SMILES string of the molecule is c1ccc(N(c2ccc(-c3ccc4c(c3)oc3ccccc34)cc2)c2ccc(-c3ccccc3-n3c4ccccc4c4ccccc43)cc2)c(-c2ccc3oc4cc5ccccc5cc4c3c2)c1. The summed E-state index contributed by atoms with van der Waals surface area (Å²) in [6.45, 7) is 0. The van der Waals surface area contributed by atoms with E-state index in [1.165, 1.54) is 32.6 Å². The van der Waals surface area contributed by atoms with Gasteiger partial charge in [0.25, 0.3) is 0 Å². The van der Waals surface area contributed by atoms with Crippen LogP contribution >= 0.6 is 0 Å². The second kappa shape index (κ2) is 15.2. The standard InChI is InChI=1S/C64H40N2O2/c1-2-14-44-39-64-56(37-43(44)13-1)55-38-46(30-36-62(55)68-64)50-16-4-8-20-57(50)65(47-31-25-41(26-32-47)45-29-35-54-53-19-7-12-24-61(53)67-63(54)40-45)48-33-27-42(28-34-48)49-15-3-9-21-58(49)66-59-22-10-5-17-51(59)52-18-6-11-23-60(52)66/h1-40H. The molecule has 0 spiro atoms. The molecule has 0 amide bonds. The van der Waals surface area contributed by atoms with Crippen LogP contribution in [0.2, 0.25) is 0 Å². The highest BCUT2D eigenvalue weighted by Gasteiger charge is 2.21. The Balaban J connectivity index is 0.905. The number of hydrogen-bond donors (Lipinski definition) is 0. The third-order valence-electron chi connectivity index (χ3n) is 13.8. The van der Waals surface area contributed by atoms with Crippen LogP contribution in [-0.2, 0) is 0 Å². The summed E-state index contributed by atoms with van der Waals surface area (Å²) in [6, 6.07) is 87.1. The van der Waals surface area contributed by atoms with E-state index in [0.717, 1.165) is 100 Å². The van der Waals surface area contributed by atoms with E-state index >= 15 is 0 Å². The minimum Gasteiger partial charge on any atom is -0.456 e. The van der Waals surface area contributed by atoms with Crippen molar-refractivity contribution in [3.8, 4) is 39.1 Å². The maximum Gasteiger partial charge on any atom is 0.136 e. The molecule has 0 radical (unpaired) electrons. The normalized spacial score (nSPS) is 11.8. The monoisotopic (exact) mass is 868 g/mol. The molecule has 0 aliphatic carbocycles. The minimum absolute atomic E-state index is 0.876. The molecule has 0 atom stereocenters. The first-order valence-corrected chi connectivity index (χ1v) is 23.1. The molecule has 14 rings (SSSR count). The van der Waals surface area contributed by atoms with Gasteiger partial charge in [0, 0.05) is 54.8 Å². The Morgan fingerprint density at radius 2 is 0.809 bits per heavy atom. The molecule has 0 aliphatic rings. The molecule has 0 saturated heterocycles. The van der Waals surface area contributed by atoms with Crippen LogP contribution in [0.5, 0.6) is 0 Å². The maximum absolute atomic E-state index is 6.46. The van der Waals surface area contributed by atoms with Gasteiger partial charge < -0.3 is 18.3 Å². The summed E-state index contributed by atoms with van der Waals surface area (Å²) in [5, 5.41) is 9.33. The molecule has 4 heteroatoms. The van der Waals surface area contributed by atoms with E-state index in [2.05, 4.69) is 240 Å². The van der Waals surface area contributed by atoms with Gasteiger partial charge in [0.1, 0.15) is 22.3 Å². The molecule has 0 saturated carbocycles. The Bertz CT molecular complexity index is 4210. The van der Waals surface area contributed by atoms with E-state index in [4.69, 9.17) is 8.83 Å². The van der Waals surface area contributed by atoms with Crippen molar-refractivity contribution in [2.75, 3.05) is 4.90 Å². The number of nitrogens with zero attached hydrogens (tertiary/aromatic N) is 2. The zero-order valence-corrected chi connectivity index (χ0v) is 36.8. The van der Waals surface area contributed by atoms with Crippen LogP contribution in [0.3, 0.4) is 0 Å². The van der Waals surface area contributed by atoms with Gasteiger partial charge in [-0.3, -0.25) is 0 Å². The molecule has 0 bridgehead atoms. The van der Waals surface area contributed by atoms with Gasteiger partial charge in [-0.15, -0.1) is 0 Å². The number of para-hydroxylation sites is 5. The molecule has 3 heterocycles. The highest BCUT2D eigenvalue weighted by atomic mass is 16.3. The minimum atomic E-state index is 0.876. The van der Waals surface area contributed by atoms with Crippen molar-refractivity contribution < 1.29 is 8.83 Å². The Kier molecular flexibility index (Phi) is 8.55.